The molecule has 0 amide bonds. The van der Waals surface area contributed by atoms with Gasteiger partial charge in [0.2, 0.25) is 0 Å². The number of hydrogen-bond acceptors (Lipinski definition) is 3. The molecule has 0 unspecified atom stereocenters. The summed E-state index contributed by atoms with van der Waals surface area (Å²) in [6.07, 6.45) is 3.08. The highest BCUT2D eigenvalue weighted by molar-refractivity contribution is 5.99. The van der Waals surface area contributed by atoms with Gasteiger partial charge in [0.1, 0.15) is 17.3 Å². The lowest BCUT2D eigenvalue weighted by Crippen LogP contribution is -2.01. The van der Waals surface area contributed by atoms with Crippen LogP contribution in [0.25, 0.3) is 27.8 Å². The highest BCUT2D eigenvalue weighted by atomic mass is 16.5. The fourth-order valence-electron chi connectivity index (χ4n) is 4.51. The first-order valence-electron chi connectivity index (χ1n) is 9.89. The second kappa shape index (κ2) is 6.79. The Kier molecular flexibility index (Phi) is 4.10. The molecule has 4 heteroatoms. The molecule has 4 aromatic rings. The van der Waals surface area contributed by atoms with E-state index in [9.17, 15) is 5.26 Å². The monoisotopic (exact) mass is 379 g/mol. The van der Waals surface area contributed by atoms with Crippen LogP contribution in [0.2, 0.25) is 0 Å². The van der Waals surface area contributed by atoms with Crippen LogP contribution in [-0.2, 0) is 12.8 Å². The van der Waals surface area contributed by atoms with Gasteiger partial charge < -0.3 is 9.30 Å². The summed E-state index contributed by atoms with van der Waals surface area (Å²) in [5.41, 5.74) is 9.23. The van der Waals surface area contributed by atoms with Gasteiger partial charge in [0.15, 0.2) is 0 Å². The lowest BCUT2D eigenvalue weighted by Gasteiger charge is -2.15. The van der Waals surface area contributed by atoms with E-state index in [0.717, 1.165) is 58.7 Å². The van der Waals surface area contributed by atoms with Gasteiger partial charge in [0, 0.05) is 22.6 Å². The molecule has 142 valence electrons. The van der Waals surface area contributed by atoms with E-state index >= 15 is 0 Å². The first kappa shape index (κ1) is 17.5. The number of rotatable bonds is 3. The molecule has 0 radical (unpaired) electrons. The van der Waals surface area contributed by atoms with Gasteiger partial charge in [-0.05, 0) is 61.6 Å². The lowest BCUT2D eigenvalue weighted by atomic mass is 9.97. The minimum absolute atomic E-state index is 0.660. The summed E-state index contributed by atoms with van der Waals surface area (Å²) in [5, 5.41) is 9.94. The fourth-order valence-corrected chi connectivity index (χ4v) is 4.51. The van der Waals surface area contributed by atoms with Gasteiger partial charge in [-0.1, -0.05) is 30.3 Å². The van der Waals surface area contributed by atoms with Crippen molar-refractivity contribution < 1.29 is 4.74 Å². The van der Waals surface area contributed by atoms with Gasteiger partial charge in [-0.2, -0.15) is 5.26 Å². The average molecular weight is 379 g/mol. The molecule has 0 aliphatic heterocycles. The van der Waals surface area contributed by atoms with Crippen LogP contribution in [0.4, 0.5) is 0 Å². The van der Waals surface area contributed by atoms with Crippen molar-refractivity contribution in [2.75, 3.05) is 7.11 Å². The minimum Gasteiger partial charge on any atom is -0.497 e. The number of hydrogen-bond donors (Lipinski definition) is 0. The van der Waals surface area contributed by atoms with E-state index in [2.05, 4.69) is 34.9 Å². The molecular weight excluding hydrogens is 358 g/mol. The van der Waals surface area contributed by atoms with E-state index < -0.39 is 0 Å². The van der Waals surface area contributed by atoms with Gasteiger partial charge in [0.25, 0.3) is 0 Å². The number of pyridine rings is 1. The van der Waals surface area contributed by atoms with Crippen molar-refractivity contribution >= 4 is 11.0 Å². The number of aromatic nitrogens is 2. The summed E-state index contributed by atoms with van der Waals surface area (Å²) in [5.74, 6) is 0.836. The molecule has 0 saturated heterocycles. The molecule has 0 spiro atoms. The number of nitriles is 1. The largest absolute Gasteiger partial charge is 0.497 e. The van der Waals surface area contributed by atoms with Crippen molar-refractivity contribution in [3.05, 3.63) is 77.1 Å². The fraction of sp³-hybridized carbons (Fsp3) is 0.200. The zero-order valence-electron chi connectivity index (χ0n) is 16.6. The van der Waals surface area contributed by atoms with Gasteiger partial charge in [-0.3, -0.25) is 0 Å². The molecule has 1 aliphatic rings. The molecular formula is C25H21N3O. The van der Waals surface area contributed by atoms with E-state index in [-0.39, 0.29) is 0 Å². The maximum Gasteiger partial charge on any atom is 0.118 e. The number of methoxy groups -OCH3 is 1. The molecule has 2 aromatic heterocycles. The Morgan fingerprint density at radius 2 is 1.79 bits per heavy atom. The van der Waals surface area contributed by atoms with Crippen LogP contribution < -0.4 is 4.74 Å². The quantitative estimate of drug-likeness (QED) is 0.481. The third-order valence-electron chi connectivity index (χ3n) is 5.86. The molecule has 0 atom stereocenters. The summed E-state index contributed by atoms with van der Waals surface area (Å²) < 4.78 is 7.55. The van der Waals surface area contributed by atoms with Crippen LogP contribution in [-0.4, -0.2) is 16.7 Å². The standard InChI is InChI=1S/C25H21N3O/c1-16-21(15-26)24-25(28(16)18-7-4-3-5-8-18)23(20-9-6-10-22(20)27-24)17-11-13-19(29-2)14-12-17/h3-5,7-8,11-14H,6,9-10H2,1-2H3. The summed E-state index contributed by atoms with van der Waals surface area (Å²) in [4.78, 5) is 4.99. The lowest BCUT2D eigenvalue weighted by molar-refractivity contribution is 0.415. The predicted molar refractivity (Wildman–Crippen MR) is 115 cm³/mol. The van der Waals surface area contributed by atoms with Crippen molar-refractivity contribution in [3.63, 3.8) is 0 Å². The van der Waals surface area contributed by atoms with Crippen LogP contribution in [0, 0.1) is 18.3 Å². The summed E-state index contributed by atoms with van der Waals surface area (Å²) in [6, 6.07) is 20.9. The molecule has 1 aliphatic carbocycles. The van der Waals surface area contributed by atoms with E-state index in [1.165, 1.54) is 11.1 Å². The van der Waals surface area contributed by atoms with Crippen LogP contribution in [0.15, 0.2) is 54.6 Å². The normalized spacial score (nSPS) is 12.7. The summed E-state index contributed by atoms with van der Waals surface area (Å²) >= 11 is 0. The third kappa shape index (κ3) is 2.62. The van der Waals surface area contributed by atoms with Crippen LogP contribution in [0.3, 0.4) is 0 Å². The Bertz CT molecular complexity index is 1260. The second-order valence-corrected chi connectivity index (χ2v) is 7.43. The van der Waals surface area contributed by atoms with Gasteiger partial charge in [-0.15, -0.1) is 0 Å². The number of aryl methyl sites for hydroxylation is 1. The highest BCUT2D eigenvalue weighted by Gasteiger charge is 2.27. The van der Waals surface area contributed by atoms with Crippen LogP contribution in [0.1, 0.15) is 28.9 Å². The molecule has 2 aromatic carbocycles. The van der Waals surface area contributed by atoms with Crippen molar-refractivity contribution in [2.45, 2.75) is 26.2 Å². The number of benzene rings is 2. The summed E-state index contributed by atoms with van der Waals surface area (Å²) in [7, 11) is 1.68. The van der Waals surface area contributed by atoms with E-state index in [4.69, 9.17) is 9.72 Å². The number of para-hydroxylation sites is 1. The Morgan fingerprint density at radius 1 is 1.03 bits per heavy atom. The van der Waals surface area contributed by atoms with E-state index in [1.54, 1.807) is 7.11 Å². The third-order valence-corrected chi connectivity index (χ3v) is 5.86. The first-order chi connectivity index (χ1) is 14.2. The molecule has 0 N–H and O–H groups in total. The van der Waals surface area contributed by atoms with E-state index in [1.807, 2.05) is 37.3 Å². The molecule has 0 bridgehead atoms. The van der Waals surface area contributed by atoms with Gasteiger partial charge in [-0.25, -0.2) is 4.98 Å². The molecule has 0 saturated carbocycles. The Labute approximate surface area is 170 Å². The minimum atomic E-state index is 0.660. The Hall–Kier alpha value is -3.58. The molecule has 5 rings (SSSR count). The molecule has 0 fully saturated rings. The van der Waals surface area contributed by atoms with Crippen molar-refractivity contribution in [1.82, 2.24) is 9.55 Å². The highest BCUT2D eigenvalue weighted by Crippen LogP contribution is 2.41. The Morgan fingerprint density at radius 3 is 2.48 bits per heavy atom. The SMILES string of the molecule is COc1ccc(-c2c3c(nc4c(C#N)c(C)n(-c5ccccc5)c24)CCC3)cc1. The topological polar surface area (TPSA) is 50.8 Å². The van der Waals surface area contributed by atoms with Crippen LogP contribution >= 0.6 is 0 Å². The summed E-state index contributed by atoms with van der Waals surface area (Å²) in [6.45, 7) is 2.01. The maximum absolute atomic E-state index is 9.94. The second-order valence-electron chi connectivity index (χ2n) is 7.43. The number of nitrogens with zero attached hydrogens (tertiary/aromatic N) is 3. The zero-order valence-corrected chi connectivity index (χ0v) is 16.6. The maximum atomic E-state index is 9.94. The number of fused-ring (bicyclic) bond motifs is 2. The zero-order chi connectivity index (χ0) is 20.0. The average Bonchev–Trinajstić information content (AvgIpc) is 3.34. The predicted octanol–water partition coefficient (Wildman–Crippen LogP) is 5.37. The molecule has 2 heterocycles. The van der Waals surface area contributed by atoms with Crippen LogP contribution in [0.5, 0.6) is 5.75 Å². The molecule has 29 heavy (non-hydrogen) atoms. The van der Waals surface area contributed by atoms with Crippen molar-refractivity contribution in [1.29, 1.82) is 5.26 Å². The number of ether oxygens (including phenoxy) is 1. The van der Waals surface area contributed by atoms with Crippen molar-refractivity contribution in [2.24, 2.45) is 0 Å². The van der Waals surface area contributed by atoms with Gasteiger partial charge >= 0.3 is 0 Å². The molecule has 4 nitrogen and oxygen atoms in total. The first-order valence-corrected chi connectivity index (χ1v) is 9.89. The smallest absolute Gasteiger partial charge is 0.118 e. The van der Waals surface area contributed by atoms with Gasteiger partial charge in [0.05, 0.1) is 18.2 Å². The van der Waals surface area contributed by atoms with E-state index in [0.29, 0.717) is 5.56 Å². The Balaban J connectivity index is 1.94. The van der Waals surface area contributed by atoms with Crippen molar-refractivity contribution in [3.8, 4) is 28.6 Å².